The second-order valence-corrected chi connectivity index (χ2v) is 8.19. The number of aliphatic carboxylic acids is 1. The standard InChI is InChI=1S/C24H45NO3/c1-4-5-6-7-9-12-16-21(2)22(3)17-13-10-8-11-14-18-23(26)25-20-15-19-24(27)28/h4-20H2,1-3H3,(H,25,26)(H,27,28)/b22-21-. The summed E-state index contributed by atoms with van der Waals surface area (Å²) in [6.45, 7) is 7.33. The molecule has 0 atom stereocenters. The highest BCUT2D eigenvalue weighted by Crippen LogP contribution is 2.19. The van der Waals surface area contributed by atoms with Gasteiger partial charge in [0.1, 0.15) is 0 Å². The van der Waals surface area contributed by atoms with Crippen LogP contribution in [0.4, 0.5) is 0 Å². The Morgan fingerprint density at radius 2 is 1.11 bits per heavy atom. The third-order valence-electron chi connectivity index (χ3n) is 5.48. The number of amides is 1. The number of carbonyl (C=O) groups is 2. The Kier molecular flexibility index (Phi) is 18.1. The highest BCUT2D eigenvalue weighted by atomic mass is 16.4. The van der Waals surface area contributed by atoms with Gasteiger partial charge in [0.05, 0.1) is 0 Å². The summed E-state index contributed by atoms with van der Waals surface area (Å²) in [6.07, 6.45) is 17.6. The van der Waals surface area contributed by atoms with Crippen LogP contribution in [0.15, 0.2) is 11.1 Å². The van der Waals surface area contributed by atoms with Crippen LogP contribution in [0.2, 0.25) is 0 Å². The number of carboxylic acids is 1. The molecule has 0 aliphatic heterocycles. The number of carboxylic acid groups (broad SMARTS) is 1. The van der Waals surface area contributed by atoms with Crippen LogP contribution in [-0.4, -0.2) is 23.5 Å². The summed E-state index contributed by atoms with van der Waals surface area (Å²) in [6, 6.07) is 0. The maximum atomic E-state index is 11.6. The second kappa shape index (κ2) is 19.0. The van der Waals surface area contributed by atoms with Crippen LogP contribution >= 0.6 is 0 Å². The monoisotopic (exact) mass is 395 g/mol. The summed E-state index contributed by atoms with van der Waals surface area (Å²) < 4.78 is 0. The molecule has 0 bridgehead atoms. The average Bonchev–Trinajstić information content (AvgIpc) is 2.66. The molecule has 0 aromatic carbocycles. The first kappa shape index (κ1) is 26.7. The summed E-state index contributed by atoms with van der Waals surface area (Å²) in [5.74, 6) is -0.758. The Bertz CT molecular complexity index is 443. The molecular weight excluding hydrogens is 350 g/mol. The van der Waals surface area contributed by atoms with Crippen LogP contribution in [0.3, 0.4) is 0 Å². The number of nitrogens with one attached hydrogen (secondary N) is 1. The molecule has 0 aliphatic rings. The fourth-order valence-corrected chi connectivity index (χ4v) is 3.36. The van der Waals surface area contributed by atoms with Crippen LogP contribution < -0.4 is 5.32 Å². The fourth-order valence-electron chi connectivity index (χ4n) is 3.36. The minimum Gasteiger partial charge on any atom is -0.481 e. The minimum atomic E-state index is -0.808. The first-order valence-corrected chi connectivity index (χ1v) is 11.6. The molecule has 0 radical (unpaired) electrons. The quantitative estimate of drug-likeness (QED) is 0.187. The lowest BCUT2D eigenvalue weighted by Gasteiger charge is -2.08. The number of rotatable bonds is 19. The zero-order valence-corrected chi connectivity index (χ0v) is 18.8. The smallest absolute Gasteiger partial charge is 0.303 e. The largest absolute Gasteiger partial charge is 0.481 e. The summed E-state index contributed by atoms with van der Waals surface area (Å²) in [5.41, 5.74) is 3.17. The Morgan fingerprint density at radius 3 is 1.61 bits per heavy atom. The fraction of sp³-hybridized carbons (Fsp3) is 0.833. The van der Waals surface area contributed by atoms with E-state index in [1.54, 1.807) is 11.1 Å². The first-order chi connectivity index (χ1) is 13.5. The molecule has 0 aromatic rings. The maximum absolute atomic E-state index is 11.6. The molecule has 164 valence electrons. The van der Waals surface area contributed by atoms with Crippen molar-refractivity contribution in [2.24, 2.45) is 0 Å². The van der Waals surface area contributed by atoms with Gasteiger partial charge in [-0.3, -0.25) is 9.59 Å². The van der Waals surface area contributed by atoms with Crippen molar-refractivity contribution < 1.29 is 14.7 Å². The molecule has 0 heterocycles. The highest BCUT2D eigenvalue weighted by molar-refractivity contribution is 5.75. The lowest BCUT2D eigenvalue weighted by atomic mass is 9.98. The molecule has 4 heteroatoms. The molecule has 0 rings (SSSR count). The van der Waals surface area contributed by atoms with Crippen molar-refractivity contribution in [2.45, 2.75) is 124 Å². The minimum absolute atomic E-state index is 0.0504. The normalized spacial score (nSPS) is 12.0. The Balaban J connectivity index is 3.55. The summed E-state index contributed by atoms with van der Waals surface area (Å²) in [7, 11) is 0. The molecular formula is C24H45NO3. The van der Waals surface area contributed by atoms with Gasteiger partial charge in [-0.25, -0.2) is 0 Å². The Labute approximate surface area is 173 Å². The van der Waals surface area contributed by atoms with E-state index in [1.807, 2.05) is 0 Å². The Morgan fingerprint density at radius 1 is 0.643 bits per heavy atom. The molecule has 1 amide bonds. The van der Waals surface area contributed by atoms with Crippen LogP contribution in [0.5, 0.6) is 0 Å². The molecule has 0 unspecified atom stereocenters. The predicted octanol–water partition coefficient (Wildman–Crippen LogP) is 6.79. The van der Waals surface area contributed by atoms with E-state index in [0.717, 1.165) is 12.8 Å². The number of hydrogen-bond donors (Lipinski definition) is 2. The van der Waals surface area contributed by atoms with Gasteiger partial charge in [-0.1, -0.05) is 69.4 Å². The van der Waals surface area contributed by atoms with Crippen LogP contribution in [-0.2, 0) is 9.59 Å². The van der Waals surface area contributed by atoms with Crippen molar-refractivity contribution in [3.05, 3.63) is 11.1 Å². The van der Waals surface area contributed by atoms with Gasteiger partial charge in [0.25, 0.3) is 0 Å². The van der Waals surface area contributed by atoms with Crippen molar-refractivity contribution in [1.82, 2.24) is 5.32 Å². The van der Waals surface area contributed by atoms with E-state index in [2.05, 4.69) is 26.1 Å². The number of unbranched alkanes of at least 4 members (excludes halogenated alkanes) is 9. The van der Waals surface area contributed by atoms with Gasteiger partial charge in [-0.15, -0.1) is 0 Å². The van der Waals surface area contributed by atoms with Gasteiger partial charge >= 0.3 is 5.97 Å². The van der Waals surface area contributed by atoms with Crippen LogP contribution in [0.25, 0.3) is 0 Å². The number of allylic oxidation sites excluding steroid dienone is 2. The van der Waals surface area contributed by atoms with E-state index in [1.165, 1.54) is 70.6 Å². The lowest BCUT2D eigenvalue weighted by Crippen LogP contribution is -2.24. The molecule has 0 aromatic heterocycles. The molecule has 0 aliphatic carbocycles. The van der Waals surface area contributed by atoms with Gasteiger partial charge < -0.3 is 10.4 Å². The third kappa shape index (κ3) is 18.1. The molecule has 4 nitrogen and oxygen atoms in total. The van der Waals surface area contributed by atoms with Gasteiger partial charge in [0.2, 0.25) is 5.91 Å². The van der Waals surface area contributed by atoms with Gasteiger partial charge in [0.15, 0.2) is 0 Å². The van der Waals surface area contributed by atoms with Crippen molar-refractivity contribution >= 4 is 11.9 Å². The number of hydrogen-bond acceptors (Lipinski definition) is 2. The van der Waals surface area contributed by atoms with Crippen molar-refractivity contribution in [2.75, 3.05) is 6.54 Å². The van der Waals surface area contributed by atoms with E-state index in [9.17, 15) is 9.59 Å². The predicted molar refractivity (Wildman–Crippen MR) is 119 cm³/mol. The van der Waals surface area contributed by atoms with E-state index in [4.69, 9.17) is 5.11 Å². The molecule has 0 saturated heterocycles. The van der Waals surface area contributed by atoms with Crippen molar-refractivity contribution in [3.8, 4) is 0 Å². The second-order valence-electron chi connectivity index (χ2n) is 8.19. The molecule has 28 heavy (non-hydrogen) atoms. The van der Waals surface area contributed by atoms with Crippen LogP contribution in [0, 0.1) is 0 Å². The summed E-state index contributed by atoms with van der Waals surface area (Å²) in [5, 5.41) is 11.3. The SMILES string of the molecule is CCCCCCCC/C(C)=C(/C)CCCCCCCC(=O)NCCCC(=O)O. The summed E-state index contributed by atoms with van der Waals surface area (Å²) >= 11 is 0. The zero-order valence-electron chi connectivity index (χ0n) is 18.8. The van der Waals surface area contributed by atoms with Crippen molar-refractivity contribution in [3.63, 3.8) is 0 Å². The molecule has 0 saturated carbocycles. The van der Waals surface area contributed by atoms with Gasteiger partial charge in [-0.05, 0) is 52.4 Å². The maximum Gasteiger partial charge on any atom is 0.303 e. The van der Waals surface area contributed by atoms with E-state index in [0.29, 0.717) is 19.4 Å². The number of carbonyl (C=O) groups excluding carboxylic acids is 1. The first-order valence-electron chi connectivity index (χ1n) is 11.6. The lowest BCUT2D eigenvalue weighted by molar-refractivity contribution is -0.137. The Hall–Kier alpha value is -1.32. The average molecular weight is 396 g/mol. The highest BCUT2D eigenvalue weighted by Gasteiger charge is 2.03. The van der Waals surface area contributed by atoms with Crippen molar-refractivity contribution in [1.29, 1.82) is 0 Å². The van der Waals surface area contributed by atoms with Gasteiger partial charge in [0, 0.05) is 19.4 Å². The summed E-state index contributed by atoms with van der Waals surface area (Å²) in [4.78, 5) is 22.0. The zero-order chi connectivity index (χ0) is 21.0. The van der Waals surface area contributed by atoms with Gasteiger partial charge in [-0.2, -0.15) is 0 Å². The van der Waals surface area contributed by atoms with Crippen LogP contribution in [0.1, 0.15) is 124 Å². The van der Waals surface area contributed by atoms with E-state index < -0.39 is 5.97 Å². The molecule has 2 N–H and O–H groups in total. The third-order valence-corrected chi connectivity index (χ3v) is 5.48. The topological polar surface area (TPSA) is 66.4 Å². The van der Waals surface area contributed by atoms with E-state index >= 15 is 0 Å². The molecule has 0 spiro atoms. The van der Waals surface area contributed by atoms with E-state index in [-0.39, 0.29) is 12.3 Å². The molecule has 0 fully saturated rings.